The van der Waals surface area contributed by atoms with E-state index in [1.165, 1.54) is 16.8 Å². The first-order valence-electron chi connectivity index (χ1n) is 9.96. The number of rotatable bonds is 3. The van der Waals surface area contributed by atoms with Crippen molar-refractivity contribution in [2.75, 3.05) is 24.5 Å². The van der Waals surface area contributed by atoms with Crippen molar-refractivity contribution < 1.29 is 0 Å². The van der Waals surface area contributed by atoms with Gasteiger partial charge in [0.1, 0.15) is 0 Å². The van der Waals surface area contributed by atoms with E-state index in [-0.39, 0.29) is 0 Å². The van der Waals surface area contributed by atoms with Gasteiger partial charge in [-0.3, -0.25) is 9.98 Å². The van der Waals surface area contributed by atoms with Crippen molar-refractivity contribution in [3.05, 3.63) is 65.5 Å². The van der Waals surface area contributed by atoms with Gasteiger partial charge in [-0.2, -0.15) is 0 Å². The average molecular weight is 361 g/mol. The molecule has 0 spiro atoms. The maximum absolute atomic E-state index is 4.78. The van der Waals surface area contributed by atoms with Crippen molar-refractivity contribution in [3.63, 3.8) is 0 Å². The third-order valence-corrected chi connectivity index (χ3v) is 5.44. The number of benzene rings is 1. The van der Waals surface area contributed by atoms with E-state index in [9.17, 15) is 0 Å². The summed E-state index contributed by atoms with van der Waals surface area (Å²) < 4.78 is 0. The molecule has 1 fully saturated rings. The van der Waals surface area contributed by atoms with Crippen molar-refractivity contribution in [1.29, 1.82) is 0 Å². The largest absolute Gasteiger partial charge is 0.366 e. The van der Waals surface area contributed by atoms with Crippen LogP contribution in [0.25, 0.3) is 6.08 Å². The Morgan fingerprint density at radius 1 is 1.15 bits per heavy atom. The molecule has 2 aromatic rings. The minimum absolute atomic E-state index is 0.521. The molecular formula is C23H28N4. The van der Waals surface area contributed by atoms with Crippen LogP contribution in [0.1, 0.15) is 37.8 Å². The van der Waals surface area contributed by atoms with Crippen molar-refractivity contribution in [2.45, 2.75) is 38.8 Å². The smallest absolute Gasteiger partial charge is 0.0694 e. The minimum atomic E-state index is 0.521. The fraction of sp³-hybridized carbons (Fsp3) is 0.391. The molecule has 0 amide bonds. The first-order chi connectivity index (χ1) is 13.2. The van der Waals surface area contributed by atoms with Gasteiger partial charge in [-0.05, 0) is 68.2 Å². The quantitative estimate of drug-likeness (QED) is 0.901. The molecular weight excluding hydrogens is 332 g/mol. The van der Waals surface area contributed by atoms with Crippen molar-refractivity contribution >= 4 is 17.5 Å². The maximum atomic E-state index is 4.78. The monoisotopic (exact) mass is 360 g/mol. The van der Waals surface area contributed by atoms with Gasteiger partial charge in [-0.1, -0.05) is 12.1 Å². The number of nitrogens with one attached hydrogen (secondary N) is 1. The van der Waals surface area contributed by atoms with Gasteiger partial charge < -0.3 is 10.2 Å². The molecule has 4 heteroatoms. The Morgan fingerprint density at radius 3 is 2.78 bits per heavy atom. The van der Waals surface area contributed by atoms with Crippen LogP contribution >= 0.6 is 0 Å². The Balaban J connectivity index is 1.56. The molecule has 0 saturated carbocycles. The zero-order valence-corrected chi connectivity index (χ0v) is 16.2. The zero-order chi connectivity index (χ0) is 18.6. The van der Waals surface area contributed by atoms with E-state index >= 15 is 0 Å². The number of piperazine rings is 1. The molecule has 4 rings (SSSR count). The topological polar surface area (TPSA) is 40.5 Å². The second kappa shape index (κ2) is 8.05. The molecule has 1 aromatic carbocycles. The predicted molar refractivity (Wildman–Crippen MR) is 114 cm³/mol. The molecule has 2 atom stereocenters. The lowest BCUT2D eigenvalue weighted by Gasteiger charge is -2.39. The average Bonchev–Trinajstić information content (AvgIpc) is 2.72. The highest BCUT2D eigenvalue weighted by Gasteiger charge is 2.22. The summed E-state index contributed by atoms with van der Waals surface area (Å²) >= 11 is 0. The van der Waals surface area contributed by atoms with Crippen LogP contribution in [0, 0.1) is 0 Å². The number of hydrogen-bond donors (Lipinski definition) is 1. The fourth-order valence-corrected chi connectivity index (χ4v) is 3.94. The highest BCUT2D eigenvalue weighted by molar-refractivity contribution is 6.15. The van der Waals surface area contributed by atoms with E-state index < -0.39 is 0 Å². The molecule has 4 nitrogen and oxygen atoms in total. The summed E-state index contributed by atoms with van der Waals surface area (Å²) in [5, 5.41) is 3.55. The Labute approximate surface area is 162 Å². The summed E-state index contributed by atoms with van der Waals surface area (Å²) in [5.74, 6) is 0. The number of aliphatic imine (C=N–C) groups is 1. The molecule has 2 aliphatic rings. The highest BCUT2D eigenvalue weighted by atomic mass is 15.2. The molecule has 27 heavy (non-hydrogen) atoms. The molecule has 0 bridgehead atoms. The standard InChI is InChI=1S/C23H28N4/c1-17-16-27(18(2)14-26-17)22-9-7-19(8-10-22)13-20-5-4-12-25-23(20)21-6-3-11-24-15-21/h3,6-11,13,15,17-18,26H,4-5,12,14,16H2,1-2H3/t17-,18+/m0/s1. The van der Waals surface area contributed by atoms with E-state index in [1.54, 1.807) is 0 Å². The van der Waals surface area contributed by atoms with Crippen molar-refractivity contribution in [1.82, 2.24) is 10.3 Å². The van der Waals surface area contributed by atoms with Crippen LogP contribution in [0.3, 0.4) is 0 Å². The molecule has 3 heterocycles. The number of allylic oxidation sites excluding steroid dienone is 1. The molecule has 0 aliphatic carbocycles. The van der Waals surface area contributed by atoms with E-state index in [1.807, 2.05) is 18.5 Å². The Morgan fingerprint density at radius 2 is 2.00 bits per heavy atom. The lowest BCUT2D eigenvalue weighted by Crippen LogP contribution is -2.54. The predicted octanol–water partition coefficient (Wildman–Crippen LogP) is 3.93. The van der Waals surface area contributed by atoms with Gasteiger partial charge in [-0.15, -0.1) is 0 Å². The van der Waals surface area contributed by atoms with Gasteiger partial charge in [0.25, 0.3) is 0 Å². The summed E-state index contributed by atoms with van der Waals surface area (Å²) in [7, 11) is 0. The number of pyridine rings is 1. The number of aromatic nitrogens is 1. The normalized spacial score (nSPS) is 24.7. The summed E-state index contributed by atoms with van der Waals surface area (Å²) in [5.41, 5.74) is 6.07. The van der Waals surface area contributed by atoms with Gasteiger partial charge in [0.2, 0.25) is 0 Å². The summed E-state index contributed by atoms with van der Waals surface area (Å²) in [4.78, 5) is 11.5. The lowest BCUT2D eigenvalue weighted by molar-refractivity contribution is 0.425. The molecule has 2 aliphatic heterocycles. The molecule has 1 saturated heterocycles. The first-order valence-corrected chi connectivity index (χ1v) is 9.96. The lowest BCUT2D eigenvalue weighted by atomic mass is 9.95. The number of nitrogens with zero attached hydrogens (tertiary/aromatic N) is 3. The fourth-order valence-electron chi connectivity index (χ4n) is 3.94. The Bertz CT molecular complexity index is 823. The van der Waals surface area contributed by atoms with E-state index in [0.717, 1.165) is 43.8 Å². The van der Waals surface area contributed by atoms with E-state index in [0.29, 0.717) is 12.1 Å². The van der Waals surface area contributed by atoms with Gasteiger partial charge in [0, 0.05) is 55.4 Å². The molecule has 1 aromatic heterocycles. The first kappa shape index (κ1) is 17.9. The van der Waals surface area contributed by atoms with Crippen LogP contribution in [0.2, 0.25) is 0 Å². The van der Waals surface area contributed by atoms with Crippen LogP contribution in [0.15, 0.2) is 59.4 Å². The molecule has 0 unspecified atom stereocenters. The molecule has 140 valence electrons. The van der Waals surface area contributed by atoms with Gasteiger partial charge in [0.05, 0.1) is 5.71 Å². The second-order valence-corrected chi connectivity index (χ2v) is 7.65. The number of hydrogen-bond acceptors (Lipinski definition) is 4. The molecule has 0 radical (unpaired) electrons. The van der Waals surface area contributed by atoms with Gasteiger partial charge in [0.15, 0.2) is 0 Å². The van der Waals surface area contributed by atoms with Crippen LogP contribution in [-0.2, 0) is 0 Å². The summed E-state index contributed by atoms with van der Waals surface area (Å²) in [6.07, 6.45) is 8.20. The Hall–Kier alpha value is -2.46. The zero-order valence-electron chi connectivity index (χ0n) is 16.2. The minimum Gasteiger partial charge on any atom is -0.366 e. The maximum Gasteiger partial charge on any atom is 0.0694 e. The van der Waals surface area contributed by atoms with Gasteiger partial charge in [-0.25, -0.2) is 0 Å². The highest BCUT2D eigenvalue weighted by Crippen LogP contribution is 2.24. The second-order valence-electron chi connectivity index (χ2n) is 7.65. The third-order valence-electron chi connectivity index (χ3n) is 5.44. The summed E-state index contributed by atoms with van der Waals surface area (Å²) in [6, 6.07) is 14.1. The van der Waals surface area contributed by atoms with Gasteiger partial charge >= 0.3 is 0 Å². The van der Waals surface area contributed by atoms with Crippen LogP contribution in [0.4, 0.5) is 5.69 Å². The van der Waals surface area contributed by atoms with Crippen LogP contribution < -0.4 is 10.2 Å². The van der Waals surface area contributed by atoms with Crippen molar-refractivity contribution in [2.24, 2.45) is 4.99 Å². The van der Waals surface area contributed by atoms with E-state index in [4.69, 9.17) is 4.99 Å². The third kappa shape index (κ3) is 4.11. The number of anilines is 1. The summed E-state index contributed by atoms with van der Waals surface area (Å²) in [6.45, 7) is 7.53. The van der Waals surface area contributed by atoms with Crippen LogP contribution in [-0.4, -0.2) is 42.4 Å². The van der Waals surface area contributed by atoms with Crippen molar-refractivity contribution in [3.8, 4) is 0 Å². The Kier molecular flexibility index (Phi) is 5.35. The molecule has 1 N–H and O–H groups in total. The van der Waals surface area contributed by atoms with Crippen LogP contribution in [0.5, 0.6) is 0 Å². The SMILES string of the molecule is C[C@@H]1CN[C@@H](C)CN1c1ccc(C=C2CCCN=C2c2cccnc2)cc1. The van der Waals surface area contributed by atoms with E-state index in [2.05, 4.69) is 65.5 Å².